The van der Waals surface area contributed by atoms with Gasteiger partial charge in [-0.3, -0.25) is 5.10 Å². The van der Waals surface area contributed by atoms with Gasteiger partial charge < -0.3 is 0 Å². The Balaban J connectivity index is 1.77. The van der Waals surface area contributed by atoms with Crippen LogP contribution in [0, 0.1) is 10.6 Å². The van der Waals surface area contributed by atoms with Crippen LogP contribution >= 0.6 is 28.1 Å². The Labute approximate surface area is 149 Å². The molecule has 1 aliphatic carbocycles. The van der Waals surface area contributed by atoms with Crippen molar-refractivity contribution in [1.82, 2.24) is 25.1 Å². The van der Waals surface area contributed by atoms with Gasteiger partial charge in [0, 0.05) is 21.3 Å². The summed E-state index contributed by atoms with van der Waals surface area (Å²) in [4.78, 5) is 0. The first kappa shape index (κ1) is 15.4. The van der Waals surface area contributed by atoms with Gasteiger partial charge in [-0.25, -0.2) is 9.49 Å². The second-order valence-electron chi connectivity index (χ2n) is 5.46. The van der Waals surface area contributed by atoms with Crippen molar-refractivity contribution in [3.8, 4) is 11.5 Å². The molecule has 0 radical (unpaired) electrons. The number of aromatic amines is 2. The van der Waals surface area contributed by atoms with Crippen molar-refractivity contribution in [2.24, 2.45) is 5.10 Å². The molecule has 0 fully saturated rings. The number of halogens is 2. The number of nitrogens with zero attached hydrogens (tertiary/aromatic N) is 4. The monoisotopic (exact) mass is 406 g/mol. The summed E-state index contributed by atoms with van der Waals surface area (Å²) >= 11 is 8.56. The molecule has 24 heavy (non-hydrogen) atoms. The topological polar surface area (TPSA) is 74.7 Å². The van der Waals surface area contributed by atoms with E-state index < -0.39 is 0 Å². The molecule has 0 atom stereocenters. The largest absolute Gasteiger partial charge is 0.282 e. The first-order valence-corrected chi connectivity index (χ1v) is 8.57. The predicted octanol–water partition coefficient (Wildman–Crippen LogP) is 3.60. The first-order chi connectivity index (χ1) is 11.6. The standard InChI is InChI=1S/C15H12BrFN6S/c16-9-4-5-11(17)8(6-9)7-18-23-14(21-22-15(23)24)13-10-2-1-3-12(10)19-20-13/h4-7H,1-3H2,(H,19,20)(H,22,24). The third-order valence-electron chi connectivity index (χ3n) is 3.94. The van der Waals surface area contributed by atoms with E-state index in [-0.39, 0.29) is 5.82 Å². The van der Waals surface area contributed by atoms with Crippen LogP contribution in [0.15, 0.2) is 27.8 Å². The van der Waals surface area contributed by atoms with Crippen molar-refractivity contribution in [2.75, 3.05) is 0 Å². The van der Waals surface area contributed by atoms with E-state index in [0.717, 1.165) is 40.7 Å². The van der Waals surface area contributed by atoms with Crippen LogP contribution in [0.1, 0.15) is 23.2 Å². The lowest BCUT2D eigenvalue weighted by Crippen LogP contribution is -1.98. The molecule has 0 amide bonds. The van der Waals surface area contributed by atoms with E-state index in [1.165, 1.54) is 17.0 Å². The van der Waals surface area contributed by atoms with E-state index in [4.69, 9.17) is 12.2 Å². The van der Waals surface area contributed by atoms with Crippen molar-refractivity contribution >= 4 is 34.4 Å². The van der Waals surface area contributed by atoms with E-state index >= 15 is 0 Å². The van der Waals surface area contributed by atoms with E-state index in [0.29, 0.717) is 16.2 Å². The lowest BCUT2D eigenvalue weighted by Gasteiger charge is -2.01. The summed E-state index contributed by atoms with van der Waals surface area (Å²) in [7, 11) is 0. The number of H-pyrrole nitrogens is 2. The smallest absolute Gasteiger partial charge is 0.216 e. The summed E-state index contributed by atoms with van der Waals surface area (Å²) in [5, 5.41) is 18.6. The molecule has 1 aromatic carbocycles. The second kappa shape index (κ2) is 6.06. The summed E-state index contributed by atoms with van der Waals surface area (Å²) in [6.07, 6.45) is 4.45. The van der Waals surface area contributed by atoms with E-state index in [2.05, 4.69) is 41.4 Å². The van der Waals surface area contributed by atoms with Crippen LogP contribution in [0.2, 0.25) is 0 Å². The molecule has 2 heterocycles. The SMILES string of the molecule is Fc1ccc(Br)cc1C=Nn1c(-c2n[nH]c3c2CCC3)n[nH]c1=S. The lowest BCUT2D eigenvalue weighted by molar-refractivity contribution is 0.625. The van der Waals surface area contributed by atoms with Crippen LogP contribution in [0.3, 0.4) is 0 Å². The maximum atomic E-state index is 13.9. The average Bonchev–Trinajstić information content (AvgIpc) is 3.24. The number of fused-ring (bicyclic) bond motifs is 1. The summed E-state index contributed by atoms with van der Waals surface area (Å²) in [6.45, 7) is 0. The number of rotatable bonds is 3. The van der Waals surface area contributed by atoms with Crippen LogP contribution in [0.25, 0.3) is 11.5 Å². The Morgan fingerprint density at radius 1 is 1.29 bits per heavy atom. The zero-order valence-corrected chi connectivity index (χ0v) is 14.8. The highest BCUT2D eigenvalue weighted by atomic mass is 79.9. The van der Waals surface area contributed by atoms with Gasteiger partial charge in [-0.15, -0.1) is 0 Å². The average molecular weight is 407 g/mol. The molecule has 6 nitrogen and oxygen atoms in total. The molecule has 0 spiro atoms. The third kappa shape index (κ3) is 2.63. The Morgan fingerprint density at radius 2 is 2.17 bits per heavy atom. The molecule has 2 aromatic heterocycles. The quantitative estimate of drug-likeness (QED) is 0.515. The fourth-order valence-corrected chi connectivity index (χ4v) is 3.35. The predicted molar refractivity (Wildman–Crippen MR) is 94.1 cm³/mol. The Morgan fingerprint density at radius 3 is 3.04 bits per heavy atom. The summed E-state index contributed by atoms with van der Waals surface area (Å²) < 4.78 is 16.4. The van der Waals surface area contributed by atoms with Crippen molar-refractivity contribution in [3.05, 3.63) is 50.1 Å². The minimum absolute atomic E-state index is 0.325. The van der Waals surface area contributed by atoms with Crippen molar-refractivity contribution in [3.63, 3.8) is 0 Å². The molecule has 0 unspecified atom stereocenters. The van der Waals surface area contributed by atoms with Gasteiger partial charge in [0.1, 0.15) is 11.5 Å². The molecule has 9 heteroatoms. The molecule has 0 saturated carbocycles. The van der Waals surface area contributed by atoms with Crippen LogP contribution in [0.4, 0.5) is 4.39 Å². The first-order valence-electron chi connectivity index (χ1n) is 7.37. The summed E-state index contributed by atoms with van der Waals surface area (Å²) in [5.41, 5.74) is 3.37. The highest BCUT2D eigenvalue weighted by molar-refractivity contribution is 9.10. The molecule has 0 aliphatic heterocycles. The highest BCUT2D eigenvalue weighted by Crippen LogP contribution is 2.29. The van der Waals surface area contributed by atoms with Gasteiger partial charge in [-0.1, -0.05) is 15.9 Å². The van der Waals surface area contributed by atoms with E-state index in [1.807, 2.05) is 0 Å². The van der Waals surface area contributed by atoms with Gasteiger partial charge in [-0.2, -0.15) is 20.0 Å². The molecule has 0 bridgehead atoms. The van der Waals surface area contributed by atoms with Gasteiger partial charge in [0.15, 0.2) is 0 Å². The summed E-state index contributed by atoms with van der Waals surface area (Å²) in [6, 6.07) is 4.66. The van der Waals surface area contributed by atoms with Crippen LogP contribution in [0.5, 0.6) is 0 Å². The van der Waals surface area contributed by atoms with Crippen molar-refractivity contribution in [2.45, 2.75) is 19.3 Å². The van der Waals surface area contributed by atoms with Gasteiger partial charge in [0.2, 0.25) is 10.6 Å². The molecule has 0 saturated heterocycles. The maximum Gasteiger partial charge on any atom is 0.216 e. The van der Waals surface area contributed by atoms with Gasteiger partial charge >= 0.3 is 0 Å². The second-order valence-corrected chi connectivity index (χ2v) is 6.76. The molecule has 3 aromatic rings. The highest BCUT2D eigenvalue weighted by Gasteiger charge is 2.23. The van der Waals surface area contributed by atoms with Crippen LogP contribution in [-0.4, -0.2) is 31.3 Å². The van der Waals surface area contributed by atoms with Crippen LogP contribution in [-0.2, 0) is 12.8 Å². The van der Waals surface area contributed by atoms with Crippen molar-refractivity contribution < 1.29 is 4.39 Å². The number of hydrogen-bond acceptors (Lipinski definition) is 4. The van der Waals surface area contributed by atoms with Gasteiger partial charge in [0.25, 0.3) is 0 Å². The van der Waals surface area contributed by atoms with Gasteiger partial charge in [-0.05, 0) is 49.7 Å². The summed E-state index contributed by atoms with van der Waals surface area (Å²) in [5.74, 6) is 0.158. The molecule has 1 aliphatic rings. The number of aromatic nitrogens is 5. The number of nitrogens with one attached hydrogen (secondary N) is 2. The third-order valence-corrected chi connectivity index (χ3v) is 4.70. The van der Waals surface area contributed by atoms with Crippen LogP contribution < -0.4 is 0 Å². The fourth-order valence-electron chi connectivity index (χ4n) is 2.79. The Bertz CT molecular complexity index is 1000. The number of benzene rings is 1. The maximum absolute atomic E-state index is 13.9. The Hall–Kier alpha value is -2.13. The van der Waals surface area contributed by atoms with Gasteiger partial charge in [0.05, 0.1) is 6.21 Å². The van der Waals surface area contributed by atoms with E-state index in [1.54, 1.807) is 12.1 Å². The zero-order chi connectivity index (χ0) is 16.7. The normalized spacial score (nSPS) is 13.8. The zero-order valence-electron chi connectivity index (χ0n) is 12.4. The minimum atomic E-state index is -0.362. The lowest BCUT2D eigenvalue weighted by atomic mass is 10.2. The molecule has 2 N–H and O–H groups in total. The number of aryl methyl sites for hydroxylation is 1. The fraction of sp³-hybridized carbons (Fsp3) is 0.200. The minimum Gasteiger partial charge on any atom is -0.282 e. The molecular formula is C15H12BrFN6S. The molecular weight excluding hydrogens is 395 g/mol. The Kier molecular flexibility index (Phi) is 3.89. The number of hydrogen-bond donors (Lipinski definition) is 2. The molecule has 122 valence electrons. The van der Waals surface area contributed by atoms with E-state index in [9.17, 15) is 4.39 Å². The van der Waals surface area contributed by atoms with Crippen molar-refractivity contribution in [1.29, 1.82) is 0 Å². The molecule has 4 rings (SSSR count).